The van der Waals surface area contributed by atoms with Crippen molar-refractivity contribution in [3.8, 4) is 5.75 Å². The molecule has 1 saturated heterocycles. The van der Waals surface area contributed by atoms with E-state index in [1.807, 2.05) is 47.4 Å². The van der Waals surface area contributed by atoms with Gasteiger partial charge in [0.05, 0.1) is 23.9 Å². The van der Waals surface area contributed by atoms with Crippen LogP contribution in [0.15, 0.2) is 140 Å². The van der Waals surface area contributed by atoms with E-state index in [0.717, 1.165) is 19.5 Å². The third-order valence-electron chi connectivity index (χ3n) is 8.22. The Balaban J connectivity index is 1.07. The second-order valence-corrected chi connectivity index (χ2v) is 11.2. The summed E-state index contributed by atoms with van der Waals surface area (Å²) in [6, 6.07) is 45.7. The number of amides is 2. The van der Waals surface area contributed by atoms with Crippen LogP contribution >= 0.6 is 0 Å². The zero-order valence-corrected chi connectivity index (χ0v) is 25.2. The smallest absolute Gasteiger partial charge is 0.256 e. The minimum atomic E-state index is -0.274. The topological polar surface area (TPSA) is 61.9 Å². The van der Waals surface area contributed by atoms with Crippen LogP contribution in [0.1, 0.15) is 43.4 Å². The molecule has 45 heavy (non-hydrogen) atoms. The fraction of sp³-hybridized carbons (Fsp3) is 0.179. The largest absolute Gasteiger partial charge is 0.493 e. The summed E-state index contributed by atoms with van der Waals surface area (Å²) in [5, 5.41) is 2.96. The first-order valence-corrected chi connectivity index (χ1v) is 15.5. The number of hydrogen-bond donors (Lipinski definition) is 1. The number of para-hydroxylation sites is 1. The second-order valence-electron chi connectivity index (χ2n) is 11.2. The van der Waals surface area contributed by atoms with Gasteiger partial charge in [0.1, 0.15) is 5.75 Å². The lowest BCUT2D eigenvalue weighted by Gasteiger charge is -2.40. The molecule has 1 N–H and O–H groups in total. The molecule has 1 aliphatic heterocycles. The number of rotatable bonds is 10. The summed E-state index contributed by atoms with van der Waals surface area (Å²) in [4.78, 5) is 31.2. The Morgan fingerprint density at radius 1 is 0.644 bits per heavy atom. The van der Waals surface area contributed by atoms with Crippen molar-refractivity contribution in [2.45, 2.75) is 12.5 Å². The number of anilines is 1. The van der Waals surface area contributed by atoms with Gasteiger partial charge in [-0.1, -0.05) is 103 Å². The van der Waals surface area contributed by atoms with E-state index in [1.54, 1.807) is 36.4 Å². The number of nitrogens with one attached hydrogen (secondary N) is 1. The number of piperazine rings is 1. The van der Waals surface area contributed by atoms with Gasteiger partial charge in [0.25, 0.3) is 11.8 Å². The van der Waals surface area contributed by atoms with Gasteiger partial charge in [0, 0.05) is 38.2 Å². The molecule has 0 radical (unpaired) electrons. The molecule has 1 heterocycles. The Labute approximate surface area is 264 Å². The highest BCUT2D eigenvalue weighted by Gasteiger charge is 2.29. The molecular weight excluding hydrogens is 558 g/mol. The van der Waals surface area contributed by atoms with Crippen LogP contribution in [0, 0.1) is 0 Å². The Morgan fingerprint density at radius 3 is 1.82 bits per heavy atom. The van der Waals surface area contributed by atoms with E-state index in [2.05, 4.69) is 70.9 Å². The van der Waals surface area contributed by atoms with E-state index in [0.29, 0.717) is 42.3 Å². The average Bonchev–Trinajstić information content (AvgIpc) is 3.10. The predicted molar refractivity (Wildman–Crippen MR) is 179 cm³/mol. The predicted octanol–water partition coefficient (Wildman–Crippen LogP) is 7.11. The molecule has 1 aliphatic rings. The van der Waals surface area contributed by atoms with Gasteiger partial charge < -0.3 is 15.0 Å². The summed E-state index contributed by atoms with van der Waals surface area (Å²) in [5.74, 6) is 0.354. The monoisotopic (exact) mass is 595 g/mol. The third kappa shape index (κ3) is 7.48. The fourth-order valence-corrected chi connectivity index (χ4v) is 5.85. The quantitative estimate of drug-likeness (QED) is 0.187. The van der Waals surface area contributed by atoms with Crippen LogP contribution < -0.4 is 10.1 Å². The first-order valence-electron chi connectivity index (χ1n) is 15.5. The van der Waals surface area contributed by atoms with Gasteiger partial charge in [-0.3, -0.25) is 14.5 Å². The molecule has 0 saturated carbocycles. The van der Waals surface area contributed by atoms with Crippen LogP contribution in [0.5, 0.6) is 5.75 Å². The van der Waals surface area contributed by atoms with Crippen LogP contribution in [-0.2, 0) is 6.42 Å². The van der Waals surface area contributed by atoms with Crippen molar-refractivity contribution in [1.82, 2.24) is 9.80 Å². The van der Waals surface area contributed by atoms with Gasteiger partial charge >= 0.3 is 0 Å². The molecule has 0 spiro atoms. The van der Waals surface area contributed by atoms with E-state index in [4.69, 9.17) is 4.74 Å². The first kappa shape index (κ1) is 29.9. The van der Waals surface area contributed by atoms with Gasteiger partial charge in [0.15, 0.2) is 0 Å². The molecule has 0 bridgehead atoms. The maximum atomic E-state index is 13.7. The SMILES string of the molecule is O=C(Nc1ccccc1C(=O)N1CCN(C(c2ccccc2)c2ccccc2)CC1)c1ccc(OCCc2ccccc2)cc1. The Morgan fingerprint density at radius 2 is 1.20 bits per heavy atom. The number of nitrogens with zero attached hydrogens (tertiary/aromatic N) is 2. The van der Waals surface area contributed by atoms with E-state index >= 15 is 0 Å². The molecule has 5 aromatic carbocycles. The molecule has 6 rings (SSSR count). The molecule has 0 aliphatic carbocycles. The molecule has 0 unspecified atom stereocenters. The van der Waals surface area contributed by atoms with E-state index < -0.39 is 0 Å². The van der Waals surface area contributed by atoms with Crippen LogP contribution in [0.3, 0.4) is 0 Å². The van der Waals surface area contributed by atoms with Crippen molar-refractivity contribution in [3.05, 3.63) is 167 Å². The van der Waals surface area contributed by atoms with E-state index in [9.17, 15) is 9.59 Å². The fourth-order valence-electron chi connectivity index (χ4n) is 5.85. The highest BCUT2D eigenvalue weighted by atomic mass is 16.5. The number of ether oxygens (including phenoxy) is 1. The van der Waals surface area contributed by atoms with Crippen LogP contribution in [0.4, 0.5) is 5.69 Å². The highest BCUT2D eigenvalue weighted by Crippen LogP contribution is 2.30. The lowest BCUT2D eigenvalue weighted by Crippen LogP contribution is -2.50. The number of benzene rings is 5. The lowest BCUT2D eigenvalue weighted by atomic mass is 9.96. The molecule has 2 amide bonds. The number of carbonyl (C=O) groups excluding carboxylic acids is 2. The van der Waals surface area contributed by atoms with Gasteiger partial charge in [-0.2, -0.15) is 0 Å². The second kappa shape index (κ2) is 14.5. The molecule has 6 nitrogen and oxygen atoms in total. The standard InChI is InChI=1S/C39H37N3O3/c43-38(33-20-22-34(23-21-33)45-29-24-30-12-4-1-5-13-30)40-36-19-11-10-18-35(36)39(44)42-27-25-41(26-28-42)37(31-14-6-2-7-15-31)32-16-8-3-9-17-32/h1-23,37H,24-29H2,(H,40,43). The molecule has 6 heteroatoms. The zero-order chi connectivity index (χ0) is 30.8. The van der Waals surface area contributed by atoms with Gasteiger partial charge in [-0.05, 0) is 53.1 Å². The van der Waals surface area contributed by atoms with Crippen LogP contribution in [-0.4, -0.2) is 54.4 Å². The maximum absolute atomic E-state index is 13.7. The summed E-state index contributed by atoms with van der Waals surface area (Å²) in [7, 11) is 0. The highest BCUT2D eigenvalue weighted by molar-refractivity contribution is 6.09. The molecule has 0 atom stereocenters. The molecule has 5 aromatic rings. The van der Waals surface area contributed by atoms with Gasteiger partial charge in [0.2, 0.25) is 0 Å². The summed E-state index contributed by atoms with van der Waals surface area (Å²) in [5.41, 5.74) is 5.18. The number of hydrogen-bond acceptors (Lipinski definition) is 4. The zero-order valence-electron chi connectivity index (χ0n) is 25.2. The molecular formula is C39H37N3O3. The normalized spacial score (nSPS) is 13.4. The maximum Gasteiger partial charge on any atom is 0.256 e. The summed E-state index contributed by atoms with van der Waals surface area (Å²) < 4.78 is 5.87. The minimum absolute atomic E-state index is 0.0799. The third-order valence-corrected chi connectivity index (χ3v) is 8.22. The number of carbonyl (C=O) groups is 2. The van der Waals surface area contributed by atoms with Crippen LogP contribution in [0.2, 0.25) is 0 Å². The van der Waals surface area contributed by atoms with Crippen molar-refractivity contribution >= 4 is 17.5 Å². The van der Waals surface area contributed by atoms with Gasteiger partial charge in [-0.15, -0.1) is 0 Å². The van der Waals surface area contributed by atoms with Crippen molar-refractivity contribution in [1.29, 1.82) is 0 Å². The van der Waals surface area contributed by atoms with Gasteiger partial charge in [-0.25, -0.2) is 0 Å². The molecule has 0 aromatic heterocycles. The lowest BCUT2D eigenvalue weighted by molar-refractivity contribution is 0.0598. The van der Waals surface area contributed by atoms with Crippen molar-refractivity contribution in [2.75, 3.05) is 38.1 Å². The summed E-state index contributed by atoms with van der Waals surface area (Å²) >= 11 is 0. The Bertz CT molecular complexity index is 1650. The summed E-state index contributed by atoms with van der Waals surface area (Å²) in [6.45, 7) is 3.24. The van der Waals surface area contributed by atoms with Crippen molar-refractivity contribution in [2.24, 2.45) is 0 Å². The average molecular weight is 596 g/mol. The molecule has 226 valence electrons. The van der Waals surface area contributed by atoms with Crippen molar-refractivity contribution < 1.29 is 14.3 Å². The first-order chi connectivity index (χ1) is 22.2. The van der Waals surface area contributed by atoms with E-state index in [1.165, 1.54) is 16.7 Å². The van der Waals surface area contributed by atoms with Crippen LogP contribution in [0.25, 0.3) is 0 Å². The molecule has 1 fully saturated rings. The summed E-state index contributed by atoms with van der Waals surface area (Å²) in [6.07, 6.45) is 0.809. The minimum Gasteiger partial charge on any atom is -0.493 e. The Kier molecular flexibility index (Phi) is 9.63. The Hall–Kier alpha value is -5.20. The van der Waals surface area contributed by atoms with Crippen molar-refractivity contribution in [3.63, 3.8) is 0 Å². The van der Waals surface area contributed by atoms with E-state index in [-0.39, 0.29) is 17.9 Å².